The van der Waals surface area contributed by atoms with Gasteiger partial charge in [0, 0.05) is 25.3 Å². The van der Waals surface area contributed by atoms with Crippen LogP contribution in [0.1, 0.15) is 10.4 Å². The molecule has 0 spiro atoms. The van der Waals surface area contributed by atoms with Crippen molar-refractivity contribution in [2.75, 3.05) is 32.2 Å². The van der Waals surface area contributed by atoms with Crippen molar-refractivity contribution in [1.29, 1.82) is 0 Å². The largest absolute Gasteiger partial charge is 0.394 e. The molecule has 0 aromatic heterocycles. The predicted octanol–water partition coefficient (Wildman–Crippen LogP) is -0.164. The number of nitrogens with zero attached hydrogens (tertiary/aromatic N) is 1. The molecule has 17 heavy (non-hydrogen) atoms. The topological polar surface area (TPSA) is 72.8 Å². The maximum absolute atomic E-state index is 11.8. The molecule has 0 bridgehead atoms. The van der Waals surface area contributed by atoms with Gasteiger partial charge in [-0.05, 0) is 18.2 Å². The highest BCUT2D eigenvalue weighted by atomic mass is 16.3. The number of benzene rings is 1. The van der Waals surface area contributed by atoms with E-state index >= 15 is 0 Å². The van der Waals surface area contributed by atoms with Crippen molar-refractivity contribution < 1.29 is 15.0 Å². The van der Waals surface area contributed by atoms with Crippen molar-refractivity contribution in [1.82, 2.24) is 5.32 Å². The van der Waals surface area contributed by atoms with Crippen LogP contribution < -0.4 is 10.2 Å². The summed E-state index contributed by atoms with van der Waals surface area (Å²) in [6, 6.07) is 6.50. The van der Waals surface area contributed by atoms with E-state index in [0.717, 1.165) is 5.69 Å². The van der Waals surface area contributed by atoms with Crippen LogP contribution in [0.2, 0.25) is 0 Å². The SMILES string of the molecule is CN(C)c1cccc(C(=O)NC(CO)CO)c1. The second kappa shape index (κ2) is 6.22. The zero-order chi connectivity index (χ0) is 12.8. The van der Waals surface area contributed by atoms with Crippen LogP contribution in [0.25, 0.3) is 0 Å². The van der Waals surface area contributed by atoms with E-state index in [1.165, 1.54) is 0 Å². The van der Waals surface area contributed by atoms with Gasteiger partial charge in [-0.2, -0.15) is 0 Å². The summed E-state index contributed by atoms with van der Waals surface area (Å²) < 4.78 is 0. The Balaban J connectivity index is 2.78. The number of carbonyl (C=O) groups is 1. The molecular weight excluding hydrogens is 220 g/mol. The first-order valence-electron chi connectivity index (χ1n) is 5.38. The van der Waals surface area contributed by atoms with Crippen LogP contribution >= 0.6 is 0 Å². The number of amides is 1. The number of anilines is 1. The van der Waals surface area contributed by atoms with E-state index in [9.17, 15) is 4.79 Å². The molecule has 5 nitrogen and oxygen atoms in total. The molecule has 5 heteroatoms. The van der Waals surface area contributed by atoms with Crippen molar-refractivity contribution in [2.45, 2.75) is 6.04 Å². The first-order chi connectivity index (χ1) is 8.08. The first kappa shape index (κ1) is 13.5. The van der Waals surface area contributed by atoms with Crippen molar-refractivity contribution in [3.8, 4) is 0 Å². The zero-order valence-electron chi connectivity index (χ0n) is 10.1. The summed E-state index contributed by atoms with van der Waals surface area (Å²) in [5.74, 6) is -0.304. The molecule has 94 valence electrons. The summed E-state index contributed by atoms with van der Waals surface area (Å²) in [4.78, 5) is 13.7. The molecule has 0 atom stereocenters. The lowest BCUT2D eigenvalue weighted by molar-refractivity contribution is 0.0879. The first-order valence-corrected chi connectivity index (χ1v) is 5.38. The van der Waals surface area contributed by atoms with E-state index in [1.807, 2.05) is 25.1 Å². The summed E-state index contributed by atoms with van der Waals surface area (Å²) >= 11 is 0. The molecule has 1 rings (SSSR count). The third-order valence-electron chi connectivity index (χ3n) is 2.40. The second-order valence-corrected chi connectivity index (χ2v) is 3.98. The van der Waals surface area contributed by atoms with E-state index in [1.54, 1.807) is 18.2 Å². The smallest absolute Gasteiger partial charge is 0.251 e. The maximum atomic E-state index is 11.8. The van der Waals surface area contributed by atoms with Crippen molar-refractivity contribution in [2.24, 2.45) is 0 Å². The molecule has 1 aromatic carbocycles. The summed E-state index contributed by atoms with van der Waals surface area (Å²) in [7, 11) is 3.78. The van der Waals surface area contributed by atoms with Gasteiger partial charge in [0.25, 0.3) is 5.91 Å². The molecule has 0 saturated heterocycles. The van der Waals surface area contributed by atoms with Gasteiger partial charge in [0.05, 0.1) is 19.3 Å². The van der Waals surface area contributed by atoms with Gasteiger partial charge < -0.3 is 20.4 Å². The van der Waals surface area contributed by atoms with Gasteiger partial charge >= 0.3 is 0 Å². The Morgan fingerprint density at radius 3 is 2.53 bits per heavy atom. The lowest BCUT2D eigenvalue weighted by Crippen LogP contribution is -2.40. The standard InChI is InChI=1S/C12H18N2O3/c1-14(2)11-5-3-4-9(6-11)12(17)13-10(7-15)8-16/h3-6,10,15-16H,7-8H2,1-2H3,(H,13,17). The lowest BCUT2D eigenvalue weighted by atomic mass is 10.1. The lowest BCUT2D eigenvalue weighted by Gasteiger charge is -2.16. The quantitative estimate of drug-likeness (QED) is 0.666. The highest BCUT2D eigenvalue weighted by molar-refractivity contribution is 5.95. The van der Waals surface area contributed by atoms with Gasteiger partial charge in [0.1, 0.15) is 0 Å². The van der Waals surface area contributed by atoms with Crippen LogP contribution in [0, 0.1) is 0 Å². The molecule has 0 heterocycles. The normalized spacial score (nSPS) is 10.4. The van der Waals surface area contributed by atoms with Crippen LogP contribution in [0.15, 0.2) is 24.3 Å². The molecule has 3 N–H and O–H groups in total. The Bertz CT molecular complexity index is 376. The molecule has 0 fully saturated rings. The minimum Gasteiger partial charge on any atom is -0.394 e. The van der Waals surface area contributed by atoms with Crippen LogP contribution in [-0.2, 0) is 0 Å². The molecule has 0 aliphatic carbocycles. The Labute approximate surface area is 101 Å². The molecule has 1 aromatic rings. The van der Waals surface area contributed by atoms with Crippen LogP contribution in [0.4, 0.5) is 5.69 Å². The molecule has 0 radical (unpaired) electrons. The van der Waals surface area contributed by atoms with Crippen LogP contribution in [-0.4, -0.2) is 49.5 Å². The number of carbonyl (C=O) groups excluding carboxylic acids is 1. The van der Waals surface area contributed by atoms with Gasteiger partial charge in [0.15, 0.2) is 0 Å². The number of rotatable bonds is 5. The third-order valence-corrected chi connectivity index (χ3v) is 2.40. The van der Waals surface area contributed by atoms with E-state index in [2.05, 4.69) is 5.32 Å². The number of aliphatic hydroxyl groups is 2. The maximum Gasteiger partial charge on any atom is 0.251 e. The second-order valence-electron chi connectivity index (χ2n) is 3.98. The van der Waals surface area contributed by atoms with E-state index < -0.39 is 6.04 Å². The summed E-state index contributed by atoms with van der Waals surface area (Å²) in [6.45, 7) is -0.564. The monoisotopic (exact) mass is 238 g/mol. The fourth-order valence-corrected chi connectivity index (χ4v) is 1.34. The summed E-state index contributed by atoms with van der Waals surface area (Å²) in [5, 5.41) is 20.3. The highest BCUT2D eigenvalue weighted by Gasteiger charge is 2.12. The van der Waals surface area contributed by atoms with Gasteiger partial charge in [-0.25, -0.2) is 0 Å². The van der Waals surface area contributed by atoms with Gasteiger partial charge in [0.2, 0.25) is 0 Å². The van der Waals surface area contributed by atoms with Gasteiger partial charge in [-0.15, -0.1) is 0 Å². The number of hydrogen-bond acceptors (Lipinski definition) is 4. The minimum absolute atomic E-state index is 0.282. The Morgan fingerprint density at radius 1 is 1.35 bits per heavy atom. The van der Waals surface area contributed by atoms with Crippen LogP contribution in [0.5, 0.6) is 0 Å². The number of nitrogens with one attached hydrogen (secondary N) is 1. The van der Waals surface area contributed by atoms with Crippen molar-refractivity contribution in [3.63, 3.8) is 0 Å². The third kappa shape index (κ3) is 3.72. The summed E-state index contributed by atoms with van der Waals surface area (Å²) in [5.41, 5.74) is 1.42. The highest BCUT2D eigenvalue weighted by Crippen LogP contribution is 2.13. The van der Waals surface area contributed by atoms with E-state index in [0.29, 0.717) is 5.56 Å². The molecule has 0 aliphatic rings. The van der Waals surface area contributed by atoms with Crippen molar-refractivity contribution in [3.05, 3.63) is 29.8 Å². The molecule has 0 unspecified atom stereocenters. The number of aliphatic hydroxyl groups excluding tert-OH is 2. The average molecular weight is 238 g/mol. The van der Waals surface area contributed by atoms with Crippen LogP contribution in [0.3, 0.4) is 0 Å². The van der Waals surface area contributed by atoms with E-state index in [4.69, 9.17) is 10.2 Å². The number of hydrogen-bond donors (Lipinski definition) is 3. The Hall–Kier alpha value is -1.59. The molecule has 1 amide bonds. The molecule has 0 aliphatic heterocycles. The zero-order valence-corrected chi connectivity index (χ0v) is 10.1. The van der Waals surface area contributed by atoms with Crippen molar-refractivity contribution >= 4 is 11.6 Å². The average Bonchev–Trinajstić information content (AvgIpc) is 2.35. The Morgan fingerprint density at radius 2 is 2.00 bits per heavy atom. The Kier molecular flexibility index (Phi) is 4.93. The minimum atomic E-state index is -0.620. The fraction of sp³-hybridized carbons (Fsp3) is 0.417. The fourth-order valence-electron chi connectivity index (χ4n) is 1.34. The predicted molar refractivity (Wildman–Crippen MR) is 66.2 cm³/mol. The molecular formula is C12H18N2O3. The van der Waals surface area contributed by atoms with Gasteiger partial charge in [-0.3, -0.25) is 4.79 Å². The van der Waals surface area contributed by atoms with E-state index in [-0.39, 0.29) is 19.1 Å². The molecule has 0 saturated carbocycles. The summed E-state index contributed by atoms with van der Waals surface area (Å²) in [6.07, 6.45) is 0. The van der Waals surface area contributed by atoms with Gasteiger partial charge in [-0.1, -0.05) is 6.07 Å².